The second-order valence-corrected chi connectivity index (χ2v) is 5.65. The number of nitrogen functional groups attached to an aromatic ring is 1. The molecule has 0 saturated heterocycles. The lowest BCUT2D eigenvalue weighted by Crippen LogP contribution is -2.29. The second-order valence-electron chi connectivity index (χ2n) is 4.81. The van der Waals surface area contributed by atoms with Crippen LogP contribution >= 0.6 is 23.2 Å². The number of rotatable bonds is 3. The topological polar surface area (TPSA) is 72.9 Å². The van der Waals surface area contributed by atoms with Crippen LogP contribution in [0.15, 0.2) is 42.6 Å². The Balaban J connectivity index is 1.93. The molecule has 0 unspecified atom stereocenters. The van der Waals surface area contributed by atoms with Gasteiger partial charge in [-0.25, -0.2) is 5.84 Å². The molecule has 0 atom stereocenters. The summed E-state index contributed by atoms with van der Waals surface area (Å²) in [4.78, 5) is 11.5. The Kier molecular flexibility index (Phi) is 4.02. The van der Waals surface area contributed by atoms with Crippen LogP contribution in [0.4, 0.5) is 0 Å². The lowest BCUT2D eigenvalue weighted by atomic mass is 10.1. The third-order valence-electron chi connectivity index (χ3n) is 3.29. The number of benzene rings is 2. The van der Waals surface area contributed by atoms with Crippen molar-refractivity contribution in [2.24, 2.45) is 5.84 Å². The van der Waals surface area contributed by atoms with Crippen LogP contribution in [0, 0.1) is 0 Å². The molecular weight excluding hydrogens is 323 g/mol. The Morgan fingerprint density at radius 1 is 1.23 bits per heavy atom. The van der Waals surface area contributed by atoms with E-state index in [-0.39, 0.29) is 5.91 Å². The zero-order valence-electron chi connectivity index (χ0n) is 11.4. The maximum absolute atomic E-state index is 11.5. The summed E-state index contributed by atoms with van der Waals surface area (Å²) in [6.07, 6.45) is 1.85. The summed E-state index contributed by atoms with van der Waals surface area (Å²) in [6.45, 7) is 0.517. The van der Waals surface area contributed by atoms with Gasteiger partial charge in [0.2, 0.25) is 0 Å². The van der Waals surface area contributed by atoms with Crippen molar-refractivity contribution in [2.75, 3.05) is 0 Å². The van der Waals surface area contributed by atoms with Gasteiger partial charge in [0, 0.05) is 27.2 Å². The Bertz CT molecular complexity index is 860. The first-order valence-corrected chi connectivity index (χ1v) is 7.24. The van der Waals surface area contributed by atoms with E-state index in [0.29, 0.717) is 22.2 Å². The van der Waals surface area contributed by atoms with Crippen LogP contribution in [0.25, 0.3) is 10.9 Å². The number of aromatic nitrogens is 2. The van der Waals surface area contributed by atoms with Gasteiger partial charge in [0.1, 0.15) is 0 Å². The smallest absolute Gasteiger partial charge is 0.265 e. The number of carbonyl (C=O) groups excluding carboxylic acids is 1. The number of amides is 1. The van der Waals surface area contributed by atoms with Crippen molar-refractivity contribution in [1.29, 1.82) is 0 Å². The van der Waals surface area contributed by atoms with E-state index >= 15 is 0 Å². The normalized spacial score (nSPS) is 10.9. The average molecular weight is 335 g/mol. The van der Waals surface area contributed by atoms with E-state index in [1.165, 1.54) is 0 Å². The molecule has 1 heterocycles. The van der Waals surface area contributed by atoms with Crippen LogP contribution < -0.4 is 11.3 Å². The summed E-state index contributed by atoms with van der Waals surface area (Å²) >= 11 is 12.1. The molecular formula is C15H12Cl2N4O. The van der Waals surface area contributed by atoms with Gasteiger partial charge in [-0.15, -0.1) is 0 Å². The highest BCUT2D eigenvalue weighted by Crippen LogP contribution is 2.22. The Morgan fingerprint density at radius 2 is 2.05 bits per heavy atom. The Labute approximate surface area is 136 Å². The summed E-state index contributed by atoms with van der Waals surface area (Å²) in [7, 11) is 0. The van der Waals surface area contributed by atoms with Crippen molar-refractivity contribution in [1.82, 2.24) is 15.2 Å². The molecule has 112 valence electrons. The first-order valence-electron chi connectivity index (χ1n) is 6.49. The van der Waals surface area contributed by atoms with Crippen molar-refractivity contribution < 1.29 is 4.79 Å². The largest absolute Gasteiger partial charge is 0.290 e. The van der Waals surface area contributed by atoms with Crippen molar-refractivity contribution in [3.63, 3.8) is 0 Å². The van der Waals surface area contributed by atoms with Crippen LogP contribution in [0.5, 0.6) is 0 Å². The maximum Gasteiger partial charge on any atom is 0.265 e. The van der Waals surface area contributed by atoms with E-state index in [1.807, 2.05) is 12.3 Å². The zero-order chi connectivity index (χ0) is 15.7. The van der Waals surface area contributed by atoms with Crippen molar-refractivity contribution in [3.8, 4) is 0 Å². The number of fused-ring (bicyclic) bond motifs is 1. The van der Waals surface area contributed by atoms with Crippen molar-refractivity contribution >= 4 is 40.0 Å². The molecule has 0 aliphatic rings. The molecule has 3 rings (SSSR count). The van der Waals surface area contributed by atoms with Gasteiger partial charge in [-0.05, 0) is 35.9 Å². The molecule has 3 N–H and O–H groups in total. The van der Waals surface area contributed by atoms with E-state index in [1.54, 1.807) is 35.0 Å². The number of hydrogen-bond acceptors (Lipinski definition) is 3. The maximum atomic E-state index is 11.5. The molecule has 2 aromatic carbocycles. The zero-order valence-corrected chi connectivity index (χ0v) is 12.9. The van der Waals surface area contributed by atoms with Crippen LogP contribution in [0.3, 0.4) is 0 Å². The van der Waals surface area contributed by atoms with E-state index in [9.17, 15) is 4.79 Å². The molecule has 0 bridgehead atoms. The van der Waals surface area contributed by atoms with E-state index in [4.69, 9.17) is 29.0 Å². The standard InChI is InChI=1S/C15H12Cl2N4O/c16-12-3-1-10(13(17)6-12)7-21-8-11-5-9(15(22)19-18)2-4-14(11)20-21/h1-6,8H,7,18H2,(H,19,22). The van der Waals surface area contributed by atoms with Gasteiger partial charge in [-0.3, -0.25) is 14.9 Å². The molecule has 0 spiro atoms. The summed E-state index contributed by atoms with van der Waals surface area (Å²) in [5.41, 5.74) is 4.30. The van der Waals surface area contributed by atoms with Gasteiger partial charge in [0.25, 0.3) is 5.91 Å². The molecule has 0 fully saturated rings. The Hall–Kier alpha value is -2.08. The highest BCUT2D eigenvalue weighted by atomic mass is 35.5. The second kappa shape index (κ2) is 5.96. The fourth-order valence-corrected chi connectivity index (χ4v) is 2.68. The minimum absolute atomic E-state index is 0.338. The van der Waals surface area contributed by atoms with Crippen LogP contribution in [-0.2, 0) is 6.54 Å². The molecule has 1 amide bonds. The molecule has 0 aliphatic heterocycles. The predicted molar refractivity (Wildman–Crippen MR) is 87.0 cm³/mol. The quantitative estimate of drug-likeness (QED) is 0.439. The van der Waals surface area contributed by atoms with Crippen molar-refractivity contribution in [2.45, 2.75) is 6.54 Å². The monoisotopic (exact) mass is 334 g/mol. The van der Waals surface area contributed by atoms with Gasteiger partial charge < -0.3 is 0 Å². The molecule has 1 aromatic heterocycles. The number of hydrazine groups is 1. The lowest BCUT2D eigenvalue weighted by Gasteiger charge is -2.04. The first-order chi connectivity index (χ1) is 10.6. The number of hydrogen-bond donors (Lipinski definition) is 2. The summed E-state index contributed by atoms with van der Waals surface area (Å²) in [5, 5.41) is 6.50. The van der Waals surface area contributed by atoms with Gasteiger partial charge >= 0.3 is 0 Å². The van der Waals surface area contributed by atoms with E-state index < -0.39 is 0 Å². The molecule has 0 saturated carbocycles. The fourth-order valence-electron chi connectivity index (χ4n) is 2.21. The summed E-state index contributed by atoms with van der Waals surface area (Å²) in [6, 6.07) is 10.5. The van der Waals surface area contributed by atoms with E-state index in [0.717, 1.165) is 16.5 Å². The first kappa shape index (κ1) is 14.8. The lowest BCUT2D eigenvalue weighted by molar-refractivity contribution is 0.0954. The minimum Gasteiger partial charge on any atom is -0.290 e. The summed E-state index contributed by atoms with van der Waals surface area (Å²) in [5.74, 6) is 4.80. The highest BCUT2D eigenvalue weighted by Gasteiger charge is 2.08. The van der Waals surface area contributed by atoms with Gasteiger partial charge in [0.15, 0.2) is 0 Å². The van der Waals surface area contributed by atoms with Gasteiger partial charge in [-0.2, -0.15) is 5.10 Å². The number of nitrogens with one attached hydrogen (secondary N) is 1. The average Bonchev–Trinajstić information content (AvgIpc) is 2.90. The molecule has 7 heteroatoms. The molecule has 0 radical (unpaired) electrons. The third-order valence-corrected chi connectivity index (χ3v) is 3.88. The number of carbonyl (C=O) groups is 1. The van der Waals surface area contributed by atoms with Gasteiger partial charge in [0.05, 0.1) is 12.1 Å². The summed E-state index contributed by atoms with van der Waals surface area (Å²) < 4.78 is 1.77. The van der Waals surface area contributed by atoms with Crippen molar-refractivity contribution in [3.05, 3.63) is 63.8 Å². The molecule has 3 aromatic rings. The minimum atomic E-state index is -0.338. The molecule has 5 nitrogen and oxygen atoms in total. The molecule has 0 aliphatic carbocycles. The highest BCUT2D eigenvalue weighted by molar-refractivity contribution is 6.35. The van der Waals surface area contributed by atoms with Crippen LogP contribution in [0.1, 0.15) is 15.9 Å². The number of nitrogens with zero attached hydrogens (tertiary/aromatic N) is 2. The number of halogens is 2. The van der Waals surface area contributed by atoms with Gasteiger partial charge in [-0.1, -0.05) is 29.3 Å². The van der Waals surface area contributed by atoms with Crippen LogP contribution in [-0.4, -0.2) is 15.7 Å². The third kappa shape index (κ3) is 2.92. The number of nitrogens with two attached hydrogens (primary N) is 1. The Morgan fingerprint density at radius 3 is 2.77 bits per heavy atom. The fraction of sp³-hybridized carbons (Fsp3) is 0.0667. The molecule has 22 heavy (non-hydrogen) atoms. The van der Waals surface area contributed by atoms with E-state index in [2.05, 4.69) is 10.5 Å². The predicted octanol–water partition coefficient (Wildman–Crippen LogP) is 2.99. The van der Waals surface area contributed by atoms with Crippen LogP contribution in [0.2, 0.25) is 10.0 Å². The SMILES string of the molecule is NNC(=O)c1ccc2nn(Cc3ccc(Cl)cc3Cl)cc2c1.